The van der Waals surface area contributed by atoms with E-state index in [1.165, 1.54) is 37.1 Å². The predicted octanol–water partition coefficient (Wildman–Crippen LogP) is 4.31. The predicted molar refractivity (Wildman–Crippen MR) is 108 cm³/mol. The molecule has 26 heavy (non-hydrogen) atoms. The zero-order valence-corrected chi connectivity index (χ0v) is 17.1. The van der Waals surface area contributed by atoms with Crippen LogP contribution in [0.15, 0.2) is 28.7 Å². The van der Waals surface area contributed by atoms with Gasteiger partial charge in [-0.15, -0.1) is 10.2 Å². The first kappa shape index (κ1) is 17.9. The summed E-state index contributed by atoms with van der Waals surface area (Å²) in [5.41, 5.74) is 0.747. The van der Waals surface area contributed by atoms with Crippen LogP contribution in [0.5, 0.6) is 0 Å². The molecule has 2 aromatic rings. The third-order valence-corrected chi connectivity index (χ3v) is 6.99. The van der Waals surface area contributed by atoms with Crippen molar-refractivity contribution in [1.82, 2.24) is 15.1 Å². The summed E-state index contributed by atoms with van der Waals surface area (Å²) in [4.78, 5) is 16.8. The lowest BCUT2D eigenvalue weighted by Crippen LogP contribution is -2.48. The van der Waals surface area contributed by atoms with E-state index < -0.39 is 0 Å². The quantitative estimate of drug-likeness (QED) is 0.721. The highest BCUT2D eigenvalue weighted by Gasteiger charge is 2.26. The number of hydrogen-bond donors (Lipinski definition) is 0. The van der Waals surface area contributed by atoms with Crippen molar-refractivity contribution in [2.24, 2.45) is 0 Å². The van der Waals surface area contributed by atoms with Crippen LogP contribution in [0, 0.1) is 0 Å². The molecule has 1 aliphatic heterocycles. The topological polar surface area (TPSA) is 49.3 Å². The molecule has 0 radical (unpaired) electrons. The SMILES string of the molecule is O=C(c1ccc(Br)cc1)N1CCN(c2nnc(C3CCCCC3)s2)CC1. The number of nitrogens with zero attached hydrogens (tertiary/aromatic N) is 4. The smallest absolute Gasteiger partial charge is 0.253 e. The Morgan fingerprint density at radius 3 is 2.38 bits per heavy atom. The number of carbonyl (C=O) groups excluding carboxylic acids is 1. The summed E-state index contributed by atoms with van der Waals surface area (Å²) in [7, 11) is 0. The number of halogens is 1. The fourth-order valence-electron chi connectivity index (χ4n) is 3.74. The molecule has 2 aliphatic rings. The van der Waals surface area contributed by atoms with Crippen molar-refractivity contribution in [2.75, 3.05) is 31.1 Å². The number of hydrogen-bond acceptors (Lipinski definition) is 5. The molecule has 1 aromatic heterocycles. The molecular weight excluding hydrogens is 412 g/mol. The molecule has 138 valence electrons. The minimum absolute atomic E-state index is 0.109. The molecule has 1 aliphatic carbocycles. The standard InChI is InChI=1S/C19H23BrN4OS/c20-16-8-6-15(7-9-16)18(25)23-10-12-24(13-11-23)19-22-21-17(26-19)14-4-2-1-3-5-14/h6-9,14H,1-5,10-13H2. The fourth-order valence-corrected chi connectivity index (χ4v) is 5.07. The lowest BCUT2D eigenvalue weighted by Gasteiger charge is -2.34. The summed E-state index contributed by atoms with van der Waals surface area (Å²) in [6.45, 7) is 3.10. The Kier molecular flexibility index (Phi) is 5.55. The Morgan fingerprint density at radius 1 is 1.00 bits per heavy atom. The molecule has 2 fully saturated rings. The maximum absolute atomic E-state index is 12.6. The minimum Gasteiger partial charge on any atom is -0.343 e. The van der Waals surface area contributed by atoms with Gasteiger partial charge in [0.1, 0.15) is 5.01 Å². The summed E-state index contributed by atoms with van der Waals surface area (Å²) in [5, 5.41) is 11.1. The molecule has 1 aromatic carbocycles. The number of aromatic nitrogens is 2. The van der Waals surface area contributed by atoms with Gasteiger partial charge in [0.2, 0.25) is 5.13 Å². The Morgan fingerprint density at radius 2 is 1.69 bits per heavy atom. The van der Waals surface area contributed by atoms with Crippen LogP contribution in [0.2, 0.25) is 0 Å². The summed E-state index contributed by atoms with van der Waals surface area (Å²) in [6, 6.07) is 7.58. The van der Waals surface area contributed by atoms with Gasteiger partial charge >= 0.3 is 0 Å². The van der Waals surface area contributed by atoms with Crippen LogP contribution in [0.4, 0.5) is 5.13 Å². The Labute approximate surface area is 166 Å². The van der Waals surface area contributed by atoms with Crippen molar-refractivity contribution in [3.63, 3.8) is 0 Å². The van der Waals surface area contributed by atoms with Crippen molar-refractivity contribution in [1.29, 1.82) is 0 Å². The van der Waals surface area contributed by atoms with Gasteiger partial charge in [-0.2, -0.15) is 0 Å². The van der Waals surface area contributed by atoms with E-state index in [2.05, 4.69) is 31.0 Å². The van der Waals surface area contributed by atoms with Crippen molar-refractivity contribution in [2.45, 2.75) is 38.0 Å². The number of benzene rings is 1. The highest BCUT2D eigenvalue weighted by Crippen LogP contribution is 2.36. The van der Waals surface area contributed by atoms with Gasteiger partial charge in [-0.05, 0) is 37.1 Å². The van der Waals surface area contributed by atoms with E-state index in [9.17, 15) is 4.79 Å². The number of piperazine rings is 1. The molecule has 7 heteroatoms. The molecule has 2 heterocycles. The summed E-state index contributed by atoms with van der Waals surface area (Å²) in [6.07, 6.45) is 6.50. The molecule has 5 nitrogen and oxygen atoms in total. The maximum atomic E-state index is 12.6. The number of amides is 1. The van der Waals surface area contributed by atoms with Gasteiger partial charge in [0.05, 0.1) is 0 Å². The van der Waals surface area contributed by atoms with Gasteiger partial charge in [-0.25, -0.2) is 0 Å². The van der Waals surface area contributed by atoms with E-state index in [-0.39, 0.29) is 5.91 Å². The third-order valence-electron chi connectivity index (χ3n) is 5.31. The monoisotopic (exact) mass is 434 g/mol. The van der Waals surface area contributed by atoms with Crippen molar-refractivity contribution in [3.8, 4) is 0 Å². The molecule has 0 atom stereocenters. The average Bonchev–Trinajstić information content (AvgIpc) is 3.19. The zero-order valence-electron chi connectivity index (χ0n) is 14.7. The summed E-state index contributed by atoms with van der Waals surface area (Å²) < 4.78 is 0.990. The fraction of sp³-hybridized carbons (Fsp3) is 0.526. The van der Waals surface area contributed by atoms with Gasteiger partial charge in [-0.1, -0.05) is 46.5 Å². The largest absolute Gasteiger partial charge is 0.343 e. The Hall–Kier alpha value is -1.47. The van der Waals surface area contributed by atoms with Gasteiger partial charge < -0.3 is 9.80 Å². The van der Waals surface area contributed by atoms with E-state index >= 15 is 0 Å². The number of anilines is 1. The Balaban J connectivity index is 1.35. The third kappa shape index (κ3) is 3.93. The van der Waals surface area contributed by atoms with Crippen LogP contribution >= 0.6 is 27.3 Å². The molecule has 4 rings (SSSR count). The second kappa shape index (κ2) is 8.05. The van der Waals surface area contributed by atoms with Crippen LogP contribution in [-0.4, -0.2) is 47.2 Å². The molecule has 0 unspecified atom stereocenters. The van der Waals surface area contributed by atoms with Crippen molar-refractivity contribution in [3.05, 3.63) is 39.3 Å². The van der Waals surface area contributed by atoms with E-state index in [1.54, 1.807) is 11.3 Å². The highest BCUT2D eigenvalue weighted by atomic mass is 79.9. The molecule has 0 spiro atoms. The maximum Gasteiger partial charge on any atom is 0.253 e. The molecule has 1 saturated heterocycles. The molecule has 0 bridgehead atoms. The summed E-state index contributed by atoms with van der Waals surface area (Å²) in [5.74, 6) is 0.715. The zero-order chi connectivity index (χ0) is 17.9. The minimum atomic E-state index is 0.109. The summed E-state index contributed by atoms with van der Waals surface area (Å²) >= 11 is 5.16. The first-order valence-corrected chi connectivity index (χ1v) is 10.9. The van der Waals surface area contributed by atoms with Crippen LogP contribution < -0.4 is 4.90 Å². The molecule has 1 saturated carbocycles. The molecule has 1 amide bonds. The lowest BCUT2D eigenvalue weighted by atomic mass is 9.90. The normalized spacial score (nSPS) is 19.0. The first-order valence-electron chi connectivity index (χ1n) is 9.34. The molecular formula is C19H23BrN4OS. The van der Waals surface area contributed by atoms with Crippen LogP contribution in [0.25, 0.3) is 0 Å². The number of carbonyl (C=O) groups is 1. The van der Waals surface area contributed by atoms with Crippen LogP contribution in [0.3, 0.4) is 0 Å². The van der Waals surface area contributed by atoms with Crippen LogP contribution in [-0.2, 0) is 0 Å². The van der Waals surface area contributed by atoms with Gasteiger partial charge in [0.25, 0.3) is 5.91 Å². The molecule has 0 N–H and O–H groups in total. The lowest BCUT2D eigenvalue weighted by molar-refractivity contribution is 0.0746. The Bertz CT molecular complexity index is 749. The van der Waals surface area contributed by atoms with Gasteiger partial charge in [-0.3, -0.25) is 4.79 Å². The van der Waals surface area contributed by atoms with Gasteiger partial charge in [0, 0.05) is 42.1 Å². The van der Waals surface area contributed by atoms with E-state index in [0.29, 0.717) is 5.92 Å². The van der Waals surface area contributed by atoms with E-state index in [1.807, 2.05) is 29.2 Å². The number of rotatable bonds is 3. The van der Waals surface area contributed by atoms with E-state index in [4.69, 9.17) is 0 Å². The second-order valence-corrected chi connectivity index (χ2v) is 8.95. The van der Waals surface area contributed by atoms with E-state index in [0.717, 1.165) is 41.3 Å². The van der Waals surface area contributed by atoms with Crippen molar-refractivity contribution >= 4 is 38.3 Å². The van der Waals surface area contributed by atoms with Crippen LogP contribution in [0.1, 0.15) is 53.4 Å². The average molecular weight is 435 g/mol. The second-order valence-electron chi connectivity index (χ2n) is 7.04. The first-order chi connectivity index (χ1) is 12.7. The van der Waals surface area contributed by atoms with Gasteiger partial charge in [0.15, 0.2) is 0 Å². The van der Waals surface area contributed by atoms with Crippen molar-refractivity contribution < 1.29 is 4.79 Å². The highest BCUT2D eigenvalue weighted by molar-refractivity contribution is 9.10.